The Balaban J connectivity index is 0.00000199. The van der Waals surface area contributed by atoms with E-state index in [1.165, 1.54) is 11.6 Å². The molecule has 3 aromatic carbocycles. The maximum absolute atomic E-state index is 14.4. The Hall–Kier alpha value is -3.93. The first-order valence-electron chi connectivity index (χ1n) is 11.4. The van der Waals surface area contributed by atoms with Gasteiger partial charge in [-0.05, 0) is 70.0 Å². The zero-order chi connectivity index (χ0) is 25.1. The molecule has 3 rings (SSSR count). The molecule has 5 nitrogen and oxygen atoms in total. The molecule has 0 aliphatic rings. The number of hydrogen-bond donors (Lipinski definition) is 2. The second-order valence-corrected chi connectivity index (χ2v) is 7.42. The van der Waals surface area contributed by atoms with E-state index in [9.17, 15) is 4.39 Å². The van der Waals surface area contributed by atoms with Gasteiger partial charge in [0.2, 0.25) is 0 Å². The Morgan fingerprint density at radius 3 is 2.03 bits per heavy atom. The van der Waals surface area contributed by atoms with Crippen LogP contribution in [0.5, 0.6) is 0 Å². The first kappa shape index (κ1) is 26.3. The van der Waals surface area contributed by atoms with Crippen molar-refractivity contribution in [3.63, 3.8) is 0 Å². The third kappa shape index (κ3) is 7.30. The Bertz CT molecular complexity index is 1120. The van der Waals surface area contributed by atoms with Crippen molar-refractivity contribution in [2.45, 2.75) is 34.6 Å². The number of hydrazone groups is 1. The fraction of sp³-hybridized carbons (Fsp3) is 0.214. The molecule has 6 heteroatoms. The van der Waals surface area contributed by atoms with Gasteiger partial charge in [0.15, 0.2) is 5.84 Å². The van der Waals surface area contributed by atoms with Crippen LogP contribution in [0.25, 0.3) is 0 Å². The number of anilines is 4. The molecule has 2 N–H and O–H groups in total. The lowest BCUT2D eigenvalue weighted by atomic mass is 10.2. The van der Waals surface area contributed by atoms with Gasteiger partial charge >= 0.3 is 0 Å². The van der Waals surface area contributed by atoms with E-state index in [2.05, 4.69) is 34.0 Å². The van der Waals surface area contributed by atoms with Gasteiger partial charge in [0, 0.05) is 17.9 Å². The number of nitrogens with zero attached hydrogens (tertiary/aromatic N) is 3. The normalized spacial score (nSPS) is 10.6. The Kier molecular flexibility index (Phi) is 10.0. The summed E-state index contributed by atoms with van der Waals surface area (Å²) in [4.78, 5) is 4.04. The van der Waals surface area contributed by atoms with Gasteiger partial charge in [-0.25, -0.2) is 9.38 Å². The maximum Gasteiger partial charge on any atom is 0.194 e. The van der Waals surface area contributed by atoms with Crippen molar-refractivity contribution in [1.82, 2.24) is 0 Å². The van der Waals surface area contributed by atoms with E-state index < -0.39 is 0 Å². The Labute approximate surface area is 202 Å². The first-order chi connectivity index (χ1) is 16.4. The van der Waals surface area contributed by atoms with Crippen LogP contribution in [0.2, 0.25) is 0 Å². The molecule has 0 aromatic heterocycles. The van der Waals surface area contributed by atoms with Crippen LogP contribution < -0.4 is 15.6 Å². The van der Waals surface area contributed by atoms with Crippen LogP contribution in [0.15, 0.2) is 89.1 Å². The van der Waals surface area contributed by atoms with Gasteiger partial charge in [-0.15, -0.1) is 0 Å². The summed E-state index contributed by atoms with van der Waals surface area (Å²) in [5, 5.41) is 12.7. The molecule has 0 spiro atoms. The van der Waals surface area contributed by atoms with Crippen LogP contribution in [-0.2, 0) is 0 Å². The van der Waals surface area contributed by atoms with Crippen molar-refractivity contribution >= 4 is 35.3 Å². The van der Waals surface area contributed by atoms with Gasteiger partial charge in [0.1, 0.15) is 5.82 Å². The van der Waals surface area contributed by atoms with Crippen LogP contribution in [-0.4, -0.2) is 19.1 Å². The molecule has 178 valence electrons. The summed E-state index contributed by atoms with van der Waals surface area (Å²) >= 11 is 0. The van der Waals surface area contributed by atoms with Crippen molar-refractivity contribution in [3.05, 3.63) is 96.0 Å². The fourth-order valence-corrected chi connectivity index (χ4v) is 3.05. The number of halogens is 1. The van der Waals surface area contributed by atoms with Crippen molar-refractivity contribution < 1.29 is 4.39 Å². The van der Waals surface area contributed by atoms with Crippen LogP contribution >= 0.6 is 0 Å². The molecule has 0 saturated heterocycles. The second-order valence-electron chi connectivity index (χ2n) is 7.42. The highest BCUT2D eigenvalue weighted by atomic mass is 19.1. The highest BCUT2D eigenvalue weighted by molar-refractivity contribution is 6.03. The molecule has 3 aromatic rings. The molecule has 0 amide bonds. The largest absolute Gasteiger partial charge is 0.353 e. The van der Waals surface area contributed by atoms with Crippen LogP contribution in [0.1, 0.15) is 31.9 Å². The predicted molar refractivity (Wildman–Crippen MR) is 146 cm³/mol. The lowest BCUT2D eigenvalue weighted by Crippen LogP contribution is -2.20. The summed E-state index contributed by atoms with van der Waals surface area (Å²) in [6, 6.07) is 20.5. The van der Waals surface area contributed by atoms with E-state index in [0.29, 0.717) is 29.5 Å². The maximum atomic E-state index is 14.4. The van der Waals surface area contributed by atoms with Gasteiger partial charge in [-0.1, -0.05) is 55.8 Å². The summed E-state index contributed by atoms with van der Waals surface area (Å²) in [7, 11) is 0. The van der Waals surface area contributed by atoms with Gasteiger partial charge in [-0.2, -0.15) is 5.10 Å². The lowest BCUT2D eigenvalue weighted by Gasteiger charge is -2.19. The molecular formula is C28H34FN5. The second kappa shape index (κ2) is 12.9. The average molecular weight is 460 g/mol. The topological polar surface area (TPSA) is 52.0 Å². The van der Waals surface area contributed by atoms with Crippen molar-refractivity contribution in [2.75, 3.05) is 22.2 Å². The summed E-state index contributed by atoms with van der Waals surface area (Å²) < 4.78 is 14.4. The van der Waals surface area contributed by atoms with Gasteiger partial charge in [0.05, 0.1) is 17.1 Å². The molecule has 0 fully saturated rings. The first-order valence-corrected chi connectivity index (χ1v) is 11.4. The smallest absolute Gasteiger partial charge is 0.194 e. The highest BCUT2D eigenvalue weighted by Crippen LogP contribution is 2.25. The molecule has 0 aliphatic carbocycles. The van der Waals surface area contributed by atoms with Gasteiger partial charge < -0.3 is 10.6 Å². The molecular weight excluding hydrogens is 425 g/mol. The molecule has 0 bridgehead atoms. The van der Waals surface area contributed by atoms with E-state index in [0.717, 1.165) is 16.9 Å². The minimum absolute atomic E-state index is 0.352. The summed E-state index contributed by atoms with van der Waals surface area (Å²) in [6.45, 7) is 18.4. The van der Waals surface area contributed by atoms with Crippen molar-refractivity contribution in [2.24, 2.45) is 10.1 Å². The number of amidine groups is 1. The third-order valence-corrected chi connectivity index (χ3v) is 4.86. The summed E-state index contributed by atoms with van der Waals surface area (Å²) in [5.74, 6) is -0.00111. The zero-order valence-corrected chi connectivity index (χ0v) is 20.7. The lowest BCUT2D eigenvalue weighted by molar-refractivity contribution is 0.632. The highest BCUT2D eigenvalue weighted by Gasteiger charge is 2.10. The monoisotopic (exact) mass is 459 g/mol. The van der Waals surface area contributed by atoms with Crippen molar-refractivity contribution in [3.8, 4) is 0 Å². The quantitative estimate of drug-likeness (QED) is 0.206. The molecule has 34 heavy (non-hydrogen) atoms. The van der Waals surface area contributed by atoms with Crippen molar-refractivity contribution in [1.29, 1.82) is 0 Å². The van der Waals surface area contributed by atoms with Crippen LogP contribution in [0.3, 0.4) is 0 Å². The number of rotatable bonds is 8. The predicted octanol–water partition coefficient (Wildman–Crippen LogP) is 7.68. The number of aliphatic imine (C=N–C) groups is 1. The number of aryl methyl sites for hydroxylation is 2. The zero-order valence-electron chi connectivity index (χ0n) is 20.7. The van der Waals surface area contributed by atoms with Gasteiger partial charge in [-0.3, -0.25) is 5.01 Å². The number of nitrogens with one attached hydrogen (secondary N) is 2. The summed E-state index contributed by atoms with van der Waals surface area (Å²) in [5.41, 5.74) is 5.52. The molecule has 0 atom stereocenters. The third-order valence-electron chi connectivity index (χ3n) is 4.86. The Morgan fingerprint density at radius 2 is 1.47 bits per heavy atom. The molecule has 0 unspecified atom stereocenters. The molecule has 0 radical (unpaired) electrons. The van der Waals surface area contributed by atoms with E-state index in [1.54, 1.807) is 12.1 Å². The summed E-state index contributed by atoms with van der Waals surface area (Å²) in [6.07, 6.45) is 0. The SMILES string of the molecule is C=N/C(=N\N(CC)c1ccc(C)cc1)C(=C)Nc1ccc(F)c(Nc2ccc(C)cc2)c1.CC. The van der Waals surface area contributed by atoms with E-state index in [-0.39, 0.29) is 5.82 Å². The average Bonchev–Trinajstić information content (AvgIpc) is 2.85. The Morgan fingerprint density at radius 1 is 0.912 bits per heavy atom. The van der Waals surface area contributed by atoms with Crippen LogP contribution in [0, 0.1) is 19.7 Å². The minimum atomic E-state index is -0.353. The van der Waals surface area contributed by atoms with E-state index in [4.69, 9.17) is 0 Å². The molecule has 0 heterocycles. The van der Waals surface area contributed by atoms with E-state index in [1.807, 2.05) is 88.2 Å². The standard InChI is InChI=1S/C26H28FN5.C2H6/c1-6-32(23-14-9-19(3)10-15-23)31-26(28-5)20(4)29-22-13-16-24(27)25(17-22)30-21-11-7-18(2)8-12-21;1-2/h7-17,29-30H,4-6H2,1-3H3;1-2H3/b31-26-;. The molecule has 0 saturated carbocycles. The molecule has 0 aliphatic heterocycles. The van der Waals surface area contributed by atoms with Crippen LogP contribution in [0.4, 0.5) is 27.1 Å². The minimum Gasteiger partial charge on any atom is -0.353 e. The number of benzene rings is 3. The number of hydrogen-bond acceptors (Lipinski definition) is 4. The van der Waals surface area contributed by atoms with E-state index >= 15 is 0 Å². The van der Waals surface area contributed by atoms with Gasteiger partial charge in [0.25, 0.3) is 0 Å². The fourth-order valence-electron chi connectivity index (χ4n) is 3.05.